The monoisotopic (exact) mass is 151 g/mol. The van der Waals surface area contributed by atoms with Gasteiger partial charge >= 0.3 is 0 Å². The third-order valence-electron chi connectivity index (χ3n) is 1.19. The highest BCUT2D eigenvalue weighted by Gasteiger charge is 1.73. The largest absolute Gasteiger partial charge is 0.319 e. The molecule has 0 amide bonds. The van der Waals surface area contributed by atoms with Crippen LogP contribution in [-0.4, -0.2) is 13.6 Å². The quantitative estimate of drug-likeness (QED) is 0.469. The highest BCUT2D eigenvalue weighted by Crippen LogP contribution is 1.89. The standard InChI is InChI=1S/C10H17N/c1-10(2)8-6-4-5-7-9-11-3/h4-6,8,11H,1,7,9H2,2-3H3/b5-4-,8-6-. The van der Waals surface area contributed by atoms with Crippen molar-refractivity contribution >= 4 is 0 Å². The van der Waals surface area contributed by atoms with Crippen molar-refractivity contribution in [2.45, 2.75) is 13.3 Å². The molecule has 0 aromatic rings. The van der Waals surface area contributed by atoms with Crippen LogP contribution in [-0.2, 0) is 0 Å². The average molecular weight is 151 g/mol. The Labute approximate surface area is 69.5 Å². The molecule has 0 radical (unpaired) electrons. The molecule has 0 saturated carbocycles. The predicted molar refractivity (Wildman–Crippen MR) is 51.6 cm³/mol. The summed E-state index contributed by atoms with van der Waals surface area (Å²) in [5.74, 6) is 0. The summed E-state index contributed by atoms with van der Waals surface area (Å²) in [4.78, 5) is 0. The van der Waals surface area contributed by atoms with E-state index in [1.807, 2.05) is 32.2 Å². The van der Waals surface area contributed by atoms with Gasteiger partial charge < -0.3 is 5.32 Å². The molecule has 0 unspecified atom stereocenters. The number of rotatable bonds is 5. The summed E-state index contributed by atoms with van der Waals surface area (Å²) in [7, 11) is 1.96. The lowest BCUT2D eigenvalue weighted by molar-refractivity contribution is 0.808. The Morgan fingerprint density at radius 3 is 2.73 bits per heavy atom. The van der Waals surface area contributed by atoms with E-state index in [1.165, 1.54) is 0 Å². The van der Waals surface area contributed by atoms with Gasteiger partial charge in [-0.15, -0.1) is 0 Å². The molecule has 11 heavy (non-hydrogen) atoms. The molecular formula is C10H17N. The van der Waals surface area contributed by atoms with Crippen LogP contribution in [0.15, 0.2) is 36.5 Å². The molecule has 0 rings (SSSR count). The van der Waals surface area contributed by atoms with E-state index >= 15 is 0 Å². The molecule has 0 spiro atoms. The van der Waals surface area contributed by atoms with Crippen LogP contribution in [0.1, 0.15) is 13.3 Å². The van der Waals surface area contributed by atoms with Crippen molar-refractivity contribution in [3.05, 3.63) is 36.5 Å². The molecule has 0 saturated heterocycles. The lowest BCUT2D eigenvalue weighted by Gasteiger charge is -1.88. The van der Waals surface area contributed by atoms with Crippen LogP contribution in [0.3, 0.4) is 0 Å². The van der Waals surface area contributed by atoms with Crippen molar-refractivity contribution in [2.75, 3.05) is 13.6 Å². The highest BCUT2D eigenvalue weighted by molar-refractivity contribution is 5.16. The Kier molecular flexibility index (Phi) is 6.75. The first kappa shape index (κ1) is 10.2. The van der Waals surface area contributed by atoms with Gasteiger partial charge in [0.25, 0.3) is 0 Å². The van der Waals surface area contributed by atoms with Crippen LogP contribution in [0.4, 0.5) is 0 Å². The van der Waals surface area contributed by atoms with E-state index in [4.69, 9.17) is 0 Å². The second-order valence-electron chi connectivity index (χ2n) is 2.53. The van der Waals surface area contributed by atoms with E-state index in [0.29, 0.717) is 0 Å². The van der Waals surface area contributed by atoms with Crippen LogP contribution in [0.25, 0.3) is 0 Å². The summed E-state index contributed by atoms with van der Waals surface area (Å²) in [5, 5.41) is 3.07. The first-order valence-electron chi connectivity index (χ1n) is 3.90. The Bertz CT molecular complexity index is 154. The van der Waals surface area contributed by atoms with E-state index < -0.39 is 0 Å². The molecule has 0 aromatic carbocycles. The number of hydrogen-bond acceptors (Lipinski definition) is 1. The van der Waals surface area contributed by atoms with Crippen LogP contribution >= 0.6 is 0 Å². The Morgan fingerprint density at radius 1 is 1.45 bits per heavy atom. The molecule has 0 aliphatic heterocycles. The van der Waals surface area contributed by atoms with Crippen molar-refractivity contribution < 1.29 is 0 Å². The molecule has 0 fully saturated rings. The molecule has 0 heterocycles. The van der Waals surface area contributed by atoms with Gasteiger partial charge in [-0.3, -0.25) is 0 Å². The zero-order valence-electron chi connectivity index (χ0n) is 7.43. The Morgan fingerprint density at radius 2 is 2.18 bits per heavy atom. The fourth-order valence-corrected chi connectivity index (χ4v) is 0.622. The van der Waals surface area contributed by atoms with Gasteiger partial charge in [0.15, 0.2) is 0 Å². The Balaban J connectivity index is 3.36. The molecule has 1 nitrogen and oxygen atoms in total. The van der Waals surface area contributed by atoms with Gasteiger partial charge in [-0.25, -0.2) is 0 Å². The van der Waals surface area contributed by atoms with Crippen LogP contribution in [0.5, 0.6) is 0 Å². The van der Waals surface area contributed by atoms with Gasteiger partial charge in [0.2, 0.25) is 0 Å². The van der Waals surface area contributed by atoms with Gasteiger partial charge in [0.1, 0.15) is 0 Å². The van der Waals surface area contributed by atoms with Crippen LogP contribution in [0, 0.1) is 0 Å². The average Bonchev–Trinajstić information content (AvgIpc) is 1.96. The predicted octanol–water partition coefficient (Wildman–Crippen LogP) is 2.28. The van der Waals surface area contributed by atoms with Gasteiger partial charge in [0.05, 0.1) is 0 Å². The van der Waals surface area contributed by atoms with Gasteiger partial charge in [0, 0.05) is 0 Å². The van der Waals surface area contributed by atoms with Crippen molar-refractivity contribution in [2.24, 2.45) is 0 Å². The van der Waals surface area contributed by atoms with Gasteiger partial charge in [-0.1, -0.05) is 36.5 Å². The SMILES string of the molecule is C=C(C)/C=C\C=C/CCNC. The summed E-state index contributed by atoms with van der Waals surface area (Å²) in [6.45, 7) is 6.78. The summed E-state index contributed by atoms with van der Waals surface area (Å²) < 4.78 is 0. The molecule has 0 aromatic heterocycles. The zero-order valence-corrected chi connectivity index (χ0v) is 7.43. The summed E-state index contributed by atoms with van der Waals surface area (Å²) in [6.07, 6.45) is 9.27. The molecule has 1 heteroatoms. The smallest absolute Gasteiger partial charge is 0.00172 e. The van der Waals surface area contributed by atoms with Crippen molar-refractivity contribution in [3.8, 4) is 0 Å². The van der Waals surface area contributed by atoms with E-state index in [0.717, 1.165) is 18.5 Å². The number of hydrogen-bond donors (Lipinski definition) is 1. The van der Waals surface area contributed by atoms with E-state index in [1.54, 1.807) is 0 Å². The maximum Gasteiger partial charge on any atom is -0.00172 e. The summed E-state index contributed by atoms with van der Waals surface area (Å²) in [6, 6.07) is 0. The zero-order chi connectivity index (χ0) is 8.53. The molecule has 0 aliphatic carbocycles. The summed E-state index contributed by atoms with van der Waals surface area (Å²) in [5.41, 5.74) is 1.09. The van der Waals surface area contributed by atoms with Crippen LogP contribution < -0.4 is 5.32 Å². The topological polar surface area (TPSA) is 12.0 Å². The van der Waals surface area contributed by atoms with E-state index in [2.05, 4.69) is 18.0 Å². The minimum absolute atomic E-state index is 1.04. The van der Waals surface area contributed by atoms with E-state index in [-0.39, 0.29) is 0 Å². The van der Waals surface area contributed by atoms with Crippen molar-refractivity contribution in [1.82, 2.24) is 5.32 Å². The molecular weight excluding hydrogens is 134 g/mol. The number of nitrogens with one attached hydrogen (secondary N) is 1. The van der Waals surface area contributed by atoms with Gasteiger partial charge in [-0.2, -0.15) is 0 Å². The normalized spacial score (nSPS) is 11.5. The number of allylic oxidation sites excluding steroid dienone is 4. The summed E-state index contributed by atoms with van der Waals surface area (Å²) >= 11 is 0. The molecule has 1 N–H and O–H groups in total. The van der Waals surface area contributed by atoms with Crippen molar-refractivity contribution in [1.29, 1.82) is 0 Å². The molecule has 0 aliphatic rings. The molecule has 62 valence electrons. The van der Waals surface area contributed by atoms with Crippen molar-refractivity contribution in [3.63, 3.8) is 0 Å². The second kappa shape index (κ2) is 7.29. The fourth-order valence-electron chi connectivity index (χ4n) is 0.622. The van der Waals surface area contributed by atoms with Gasteiger partial charge in [-0.05, 0) is 26.9 Å². The first-order valence-corrected chi connectivity index (χ1v) is 3.90. The first-order chi connectivity index (χ1) is 5.27. The molecule has 0 bridgehead atoms. The maximum atomic E-state index is 3.76. The lowest BCUT2D eigenvalue weighted by Crippen LogP contribution is -2.05. The highest BCUT2D eigenvalue weighted by atomic mass is 14.8. The third kappa shape index (κ3) is 9.18. The lowest BCUT2D eigenvalue weighted by atomic mass is 10.3. The van der Waals surface area contributed by atoms with E-state index in [9.17, 15) is 0 Å². The maximum absolute atomic E-state index is 3.76. The minimum Gasteiger partial charge on any atom is -0.319 e. The second-order valence-corrected chi connectivity index (χ2v) is 2.53. The Hall–Kier alpha value is -0.820. The van der Waals surface area contributed by atoms with Crippen LogP contribution in [0.2, 0.25) is 0 Å². The fraction of sp³-hybridized carbons (Fsp3) is 0.400. The minimum atomic E-state index is 1.04. The molecule has 0 atom stereocenters. The third-order valence-corrected chi connectivity index (χ3v) is 1.19.